The molecule has 0 aliphatic carbocycles. The quantitative estimate of drug-likeness (QED) is 0.855. The molecule has 1 aliphatic heterocycles. The minimum absolute atomic E-state index is 0.0290. The first-order chi connectivity index (χ1) is 9.65. The third-order valence-corrected chi connectivity index (χ3v) is 3.64. The second kappa shape index (κ2) is 5.00. The number of fused-ring (bicyclic) bond motifs is 1. The highest BCUT2D eigenvalue weighted by Gasteiger charge is 2.21. The SMILES string of the molecule is Cc1cccc(C)c1COc1ccc2c(c1)OCC2=O. The van der Waals surface area contributed by atoms with Crippen LogP contribution >= 0.6 is 0 Å². The summed E-state index contributed by atoms with van der Waals surface area (Å²) < 4.78 is 11.1. The van der Waals surface area contributed by atoms with Gasteiger partial charge in [0.05, 0.1) is 5.56 Å². The van der Waals surface area contributed by atoms with Gasteiger partial charge in [0.1, 0.15) is 18.1 Å². The fraction of sp³-hybridized carbons (Fsp3) is 0.235. The van der Waals surface area contributed by atoms with Gasteiger partial charge >= 0.3 is 0 Å². The molecule has 0 saturated carbocycles. The molecule has 0 fully saturated rings. The van der Waals surface area contributed by atoms with Crippen molar-refractivity contribution in [1.82, 2.24) is 0 Å². The Hall–Kier alpha value is -2.29. The zero-order chi connectivity index (χ0) is 14.1. The van der Waals surface area contributed by atoms with E-state index in [0.717, 1.165) is 5.75 Å². The number of Topliss-reactive ketones (excluding diaryl/α,β-unsaturated/α-hetero) is 1. The van der Waals surface area contributed by atoms with E-state index in [-0.39, 0.29) is 12.4 Å². The van der Waals surface area contributed by atoms with Gasteiger partial charge < -0.3 is 9.47 Å². The summed E-state index contributed by atoms with van der Waals surface area (Å²) in [6.45, 7) is 4.81. The molecule has 0 spiro atoms. The highest BCUT2D eigenvalue weighted by molar-refractivity contribution is 6.02. The normalized spacial score (nSPS) is 13.0. The van der Waals surface area contributed by atoms with Gasteiger partial charge in [0.2, 0.25) is 5.78 Å². The van der Waals surface area contributed by atoms with E-state index >= 15 is 0 Å². The number of ether oxygens (including phenoxy) is 2. The Morgan fingerprint density at radius 2 is 1.90 bits per heavy atom. The average molecular weight is 268 g/mol. The molecule has 0 atom stereocenters. The standard InChI is InChI=1S/C17H16O3/c1-11-4-3-5-12(2)15(11)9-19-13-6-7-14-16(18)10-20-17(14)8-13/h3-8H,9-10H2,1-2H3. The van der Waals surface area contributed by atoms with Crippen LogP contribution in [0.4, 0.5) is 0 Å². The van der Waals surface area contributed by atoms with E-state index in [1.807, 2.05) is 12.1 Å². The number of carbonyl (C=O) groups excluding carboxylic acids is 1. The molecule has 0 unspecified atom stereocenters. The van der Waals surface area contributed by atoms with Crippen LogP contribution < -0.4 is 9.47 Å². The smallest absolute Gasteiger partial charge is 0.203 e. The highest BCUT2D eigenvalue weighted by atomic mass is 16.5. The van der Waals surface area contributed by atoms with Gasteiger partial charge in [-0.25, -0.2) is 0 Å². The lowest BCUT2D eigenvalue weighted by Crippen LogP contribution is -2.00. The molecule has 0 aromatic heterocycles. The van der Waals surface area contributed by atoms with E-state index in [2.05, 4.69) is 26.0 Å². The Morgan fingerprint density at radius 3 is 2.65 bits per heavy atom. The molecule has 3 rings (SSSR count). The summed E-state index contributed by atoms with van der Waals surface area (Å²) in [6.07, 6.45) is 0. The van der Waals surface area contributed by atoms with Crippen LogP contribution in [0.1, 0.15) is 27.0 Å². The molecule has 0 bridgehead atoms. The van der Waals surface area contributed by atoms with E-state index in [1.54, 1.807) is 12.1 Å². The fourth-order valence-corrected chi connectivity index (χ4v) is 2.40. The number of aryl methyl sites for hydroxylation is 2. The van der Waals surface area contributed by atoms with Gasteiger partial charge in [-0.2, -0.15) is 0 Å². The van der Waals surface area contributed by atoms with E-state index in [9.17, 15) is 4.79 Å². The number of carbonyl (C=O) groups is 1. The van der Waals surface area contributed by atoms with Crippen molar-refractivity contribution in [3.63, 3.8) is 0 Å². The second-order valence-corrected chi connectivity index (χ2v) is 5.03. The molecule has 1 heterocycles. The van der Waals surface area contributed by atoms with Gasteiger partial charge in [-0.3, -0.25) is 4.79 Å². The Bertz CT molecular complexity index is 654. The first-order valence-electron chi connectivity index (χ1n) is 6.63. The zero-order valence-electron chi connectivity index (χ0n) is 11.6. The van der Waals surface area contributed by atoms with Crippen molar-refractivity contribution in [2.45, 2.75) is 20.5 Å². The first-order valence-corrected chi connectivity index (χ1v) is 6.63. The molecule has 0 saturated heterocycles. The van der Waals surface area contributed by atoms with Crippen LogP contribution in [0.25, 0.3) is 0 Å². The second-order valence-electron chi connectivity index (χ2n) is 5.03. The van der Waals surface area contributed by atoms with Gasteiger partial charge in [0.15, 0.2) is 6.61 Å². The van der Waals surface area contributed by atoms with Crippen LogP contribution in [0.2, 0.25) is 0 Å². The van der Waals surface area contributed by atoms with Crippen molar-refractivity contribution < 1.29 is 14.3 Å². The minimum atomic E-state index is 0.0290. The lowest BCUT2D eigenvalue weighted by atomic mass is 10.0. The Morgan fingerprint density at radius 1 is 1.15 bits per heavy atom. The lowest BCUT2D eigenvalue weighted by Gasteiger charge is -2.12. The van der Waals surface area contributed by atoms with Crippen molar-refractivity contribution in [3.05, 3.63) is 58.7 Å². The zero-order valence-corrected chi connectivity index (χ0v) is 11.6. The van der Waals surface area contributed by atoms with Gasteiger partial charge in [0.25, 0.3) is 0 Å². The molecular weight excluding hydrogens is 252 g/mol. The third-order valence-electron chi connectivity index (χ3n) is 3.64. The first kappa shape index (κ1) is 12.7. The summed E-state index contributed by atoms with van der Waals surface area (Å²) in [5.74, 6) is 1.37. The summed E-state index contributed by atoms with van der Waals surface area (Å²) in [7, 11) is 0. The number of hydrogen-bond donors (Lipinski definition) is 0. The Balaban J connectivity index is 1.78. The maximum Gasteiger partial charge on any atom is 0.203 e. The van der Waals surface area contributed by atoms with Crippen molar-refractivity contribution in [1.29, 1.82) is 0 Å². The summed E-state index contributed by atoms with van der Waals surface area (Å²) in [5.41, 5.74) is 4.28. The van der Waals surface area contributed by atoms with Crippen molar-refractivity contribution in [3.8, 4) is 11.5 Å². The molecule has 3 nitrogen and oxygen atoms in total. The summed E-state index contributed by atoms with van der Waals surface area (Å²) >= 11 is 0. The number of benzene rings is 2. The lowest BCUT2D eigenvalue weighted by molar-refractivity contribution is 0.0961. The number of rotatable bonds is 3. The molecule has 2 aromatic carbocycles. The Kier molecular flexibility index (Phi) is 3.18. The molecule has 0 N–H and O–H groups in total. The van der Waals surface area contributed by atoms with Crippen LogP contribution in [0.3, 0.4) is 0 Å². The summed E-state index contributed by atoms with van der Waals surface area (Å²) in [4.78, 5) is 11.5. The number of hydrogen-bond acceptors (Lipinski definition) is 3. The summed E-state index contributed by atoms with van der Waals surface area (Å²) in [5, 5.41) is 0. The van der Waals surface area contributed by atoms with Crippen LogP contribution in [0.5, 0.6) is 11.5 Å². The largest absolute Gasteiger partial charge is 0.489 e. The van der Waals surface area contributed by atoms with Crippen LogP contribution in [0, 0.1) is 13.8 Å². The Labute approximate surface area is 118 Å². The molecule has 1 aliphatic rings. The van der Waals surface area contributed by atoms with Crippen LogP contribution in [-0.2, 0) is 6.61 Å². The topological polar surface area (TPSA) is 35.5 Å². The van der Waals surface area contributed by atoms with Crippen LogP contribution in [-0.4, -0.2) is 12.4 Å². The number of ketones is 1. The molecule has 0 radical (unpaired) electrons. The molecule has 2 aromatic rings. The molecule has 20 heavy (non-hydrogen) atoms. The predicted molar refractivity (Wildman–Crippen MR) is 76.5 cm³/mol. The highest BCUT2D eigenvalue weighted by Crippen LogP contribution is 2.30. The van der Waals surface area contributed by atoms with Crippen molar-refractivity contribution in [2.24, 2.45) is 0 Å². The minimum Gasteiger partial charge on any atom is -0.489 e. The molecule has 0 amide bonds. The van der Waals surface area contributed by atoms with Gasteiger partial charge in [-0.05, 0) is 42.7 Å². The van der Waals surface area contributed by atoms with E-state index in [1.165, 1.54) is 16.7 Å². The van der Waals surface area contributed by atoms with Crippen molar-refractivity contribution >= 4 is 5.78 Å². The van der Waals surface area contributed by atoms with Gasteiger partial charge in [-0.1, -0.05) is 18.2 Å². The molecular formula is C17H16O3. The van der Waals surface area contributed by atoms with Gasteiger partial charge in [0, 0.05) is 6.07 Å². The molecule has 3 heteroatoms. The third kappa shape index (κ3) is 2.27. The maximum atomic E-state index is 11.5. The summed E-state index contributed by atoms with van der Waals surface area (Å²) in [6, 6.07) is 11.6. The average Bonchev–Trinajstić information content (AvgIpc) is 2.79. The predicted octanol–water partition coefficient (Wildman–Crippen LogP) is 3.46. The maximum absolute atomic E-state index is 11.5. The molecule has 102 valence electrons. The van der Waals surface area contributed by atoms with Gasteiger partial charge in [-0.15, -0.1) is 0 Å². The van der Waals surface area contributed by atoms with Crippen molar-refractivity contribution in [2.75, 3.05) is 6.61 Å². The fourth-order valence-electron chi connectivity index (χ4n) is 2.40. The van der Waals surface area contributed by atoms with E-state index in [4.69, 9.17) is 9.47 Å². The monoisotopic (exact) mass is 268 g/mol. The van der Waals surface area contributed by atoms with E-state index in [0.29, 0.717) is 17.9 Å². The van der Waals surface area contributed by atoms with E-state index < -0.39 is 0 Å². The van der Waals surface area contributed by atoms with Crippen LogP contribution in [0.15, 0.2) is 36.4 Å².